The molecule has 1 heterocycles. The number of likely N-dealkylation sites (tertiary alicyclic amines) is 1. The summed E-state index contributed by atoms with van der Waals surface area (Å²) in [6.07, 6.45) is 8.69. The van der Waals surface area contributed by atoms with Crippen molar-refractivity contribution in [1.29, 1.82) is 0 Å². The second-order valence-corrected chi connectivity index (χ2v) is 14.0. The largest absolute Gasteiger partial charge is 0.445 e. The predicted octanol–water partition coefficient (Wildman–Crippen LogP) is 5.62. The average molecular weight is 545 g/mol. The molecule has 3 aliphatic carbocycles. The SMILES string of the molecule is CC=CC[C@]1(C)C[C@@H](OC(=O)NC(=O)[C@H]2CN(C)CC[C@@H]2C)[C@@]2(C)C3[C@H](OC)CCC3(CC[C@H]2C)[C@@H](C)C1=O. The quantitative estimate of drug-likeness (QED) is 0.452. The van der Waals surface area contributed by atoms with Gasteiger partial charge in [-0.15, -0.1) is 0 Å². The maximum atomic E-state index is 14.3. The molecule has 7 heteroatoms. The fourth-order valence-electron chi connectivity index (χ4n) is 9.15. The van der Waals surface area contributed by atoms with Gasteiger partial charge in [0.1, 0.15) is 11.9 Å². The zero-order valence-corrected chi connectivity index (χ0v) is 25.5. The summed E-state index contributed by atoms with van der Waals surface area (Å²) in [5.74, 6) is 0.242. The van der Waals surface area contributed by atoms with Crippen molar-refractivity contribution in [3.8, 4) is 0 Å². The van der Waals surface area contributed by atoms with Gasteiger partial charge >= 0.3 is 6.09 Å². The summed E-state index contributed by atoms with van der Waals surface area (Å²) in [5.41, 5.74) is -1.23. The number of alkyl carbamates (subject to hydrolysis) is 1. The minimum Gasteiger partial charge on any atom is -0.445 e. The molecule has 2 bridgehead atoms. The van der Waals surface area contributed by atoms with Crippen LogP contribution in [0.25, 0.3) is 0 Å². The molecule has 4 rings (SSSR count). The van der Waals surface area contributed by atoms with Crippen LogP contribution in [0.5, 0.6) is 0 Å². The van der Waals surface area contributed by atoms with Gasteiger partial charge in [0.05, 0.1) is 12.0 Å². The maximum Gasteiger partial charge on any atom is 0.414 e. The molecule has 3 saturated carbocycles. The maximum absolute atomic E-state index is 14.3. The highest BCUT2D eigenvalue weighted by Crippen LogP contribution is 2.68. The van der Waals surface area contributed by atoms with Gasteiger partial charge in [-0.05, 0) is 82.7 Å². The summed E-state index contributed by atoms with van der Waals surface area (Å²) in [7, 11) is 3.78. The molecule has 7 nitrogen and oxygen atoms in total. The number of allylic oxidation sites excluding steroid dienone is 2. The van der Waals surface area contributed by atoms with Gasteiger partial charge in [-0.2, -0.15) is 0 Å². The minimum atomic E-state index is -0.684. The zero-order chi connectivity index (χ0) is 28.8. The summed E-state index contributed by atoms with van der Waals surface area (Å²) < 4.78 is 12.5. The number of piperidine rings is 1. The number of hydrogen-bond acceptors (Lipinski definition) is 6. The Bertz CT molecular complexity index is 982. The van der Waals surface area contributed by atoms with Crippen LogP contribution in [-0.2, 0) is 19.1 Å². The van der Waals surface area contributed by atoms with Gasteiger partial charge in [0.25, 0.3) is 0 Å². The molecule has 0 radical (unpaired) electrons. The van der Waals surface area contributed by atoms with Crippen molar-refractivity contribution in [2.75, 3.05) is 27.2 Å². The average Bonchev–Trinajstić information content (AvgIpc) is 3.30. The van der Waals surface area contributed by atoms with Crippen LogP contribution in [0.2, 0.25) is 0 Å². The number of carbonyl (C=O) groups is 3. The Morgan fingerprint density at radius 1 is 1.13 bits per heavy atom. The molecule has 0 aromatic carbocycles. The third kappa shape index (κ3) is 5.11. The summed E-state index contributed by atoms with van der Waals surface area (Å²) in [5, 5.41) is 2.61. The summed E-state index contributed by atoms with van der Waals surface area (Å²) in [6, 6.07) is 0. The van der Waals surface area contributed by atoms with Gasteiger partial charge < -0.3 is 14.4 Å². The fourth-order valence-corrected chi connectivity index (χ4v) is 9.15. The van der Waals surface area contributed by atoms with Crippen LogP contribution in [0.3, 0.4) is 0 Å². The second kappa shape index (κ2) is 11.3. The zero-order valence-electron chi connectivity index (χ0n) is 25.5. The van der Waals surface area contributed by atoms with Crippen molar-refractivity contribution in [3.05, 3.63) is 12.2 Å². The smallest absolute Gasteiger partial charge is 0.414 e. The number of nitrogens with zero attached hydrogens (tertiary/aromatic N) is 1. The summed E-state index contributed by atoms with van der Waals surface area (Å²) in [4.78, 5) is 43.2. The number of Topliss-reactive ketones (excluding diaryl/α,β-unsaturated/α-hetero) is 1. The molecule has 2 unspecified atom stereocenters. The number of ketones is 1. The highest BCUT2D eigenvalue weighted by molar-refractivity contribution is 5.93. The Morgan fingerprint density at radius 3 is 2.49 bits per heavy atom. The third-order valence-electron chi connectivity index (χ3n) is 11.9. The molecule has 0 aromatic rings. The van der Waals surface area contributed by atoms with E-state index in [0.29, 0.717) is 19.4 Å². The number of rotatable bonds is 5. The minimum absolute atomic E-state index is 0.0160. The topological polar surface area (TPSA) is 84.9 Å². The van der Waals surface area contributed by atoms with E-state index < -0.39 is 17.6 Å². The standard InChI is InChI=1S/C32H52N2O5/c1-9-10-14-30(5)18-25(39-29(37)33-28(36)23-19-34(7)17-13-20(23)2)31(6)21(3)11-15-32(22(4)27(30)35)16-12-24(38-8)26(31)32/h9-10,20-26H,11-19H2,1-8H3,(H,33,36,37)/t20-,21+,22-,23-,24+,25+,26?,30+,31-,32?/m0/s1. The lowest BCUT2D eigenvalue weighted by Gasteiger charge is -2.61. The first-order chi connectivity index (χ1) is 18.3. The molecule has 220 valence electrons. The molecule has 4 fully saturated rings. The number of ether oxygens (including phenoxy) is 2. The molecule has 1 saturated heterocycles. The second-order valence-electron chi connectivity index (χ2n) is 14.0. The van der Waals surface area contributed by atoms with E-state index in [2.05, 4.69) is 44.0 Å². The lowest BCUT2D eigenvalue weighted by Crippen LogP contribution is -2.63. The highest BCUT2D eigenvalue weighted by atomic mass is 16.6. The Kier molecular flexibility index (Phi) is 8.74. The van der Waals surface area contributed by atoms with Crippen molar-refractivity contribution in [1.82, 2.24) is 10.2 Å². The van der Waals surface area contributed by atoms with Gasteiger partial charge in [0.2, 0.25) is 5.91 Å². The van der Waals surface area contributed by atoms with Crippen LogP contribution in [0.4, 0.5) is 4.79 Å². The molecule has 1 N–H and O–H groups in total. The number of nitrogens with one attached hydrogen (secondary N) is 1. The first kappa shape index (κ1) is 30.2. The van der Waals surface area contributed by atoms with Gasteiger partial charge in [-0.3, -0.25) is 14.9 Å². The summed E-state index contributed by atoms with van der Waals surface area (Å²) in [6.45, 7) is 14.4. The van der Waals surface area contributed by atoms with Crippen LogP contribution in [-0.4, -0.2) is 62.1 Å². The van der Waals surface area contributed by atoms with E-state index >= 15 is 0 Å². The van der Waals surface area contributed by atoms with Crippen molar-refractivity contribution >= 4 is 17.8 Å². The van der Waals surface area contributed by atoms with Crippen LogP contribution in [0, 0.1) is 45.8 Å². The highest BCUT2D eigenvalue weighted by Gasteiger charge is 2.68. The van der Waals surface area contributed by atoms with E-state index in [1.165, 1.54) is 0 Å². The molecular formula is C32H52N2O5. The lowest BCUT2D eigenvalue weighted by atomic mass is 9.43. The Morgan fingerprint density at radius 2 is 1.82 bits per heavy atom. The van der Waals surface area contributed by atoms with E-state index in [1.54, 1.807) is 7.11 Å². The molecule has 0 aromatic heterocycles. The van der Waals surface area contributed by atoms with E-state index in [1.807, 2.05) is 27.0 Å². The van der Waals surface area contributed by atoms with Crippen molar-refractivity contribution < 1.29 is 23.9 Å². The van der Waals surface area contributed by atoms with Crippen molar-refractivity contribution in [2.24, 2.45) is 45.8 Å². The van der Waals surface area contributed by atoms with E-state index in [4.69, 9.17) is 9.47 Å². The Labute approximate surface area is 235 Å². The molecule has 1 aliphatic heterocycles. The molecule has 4 aliphatic rings. The van der Waals surface area contributed by atoms with Crippen molar-refractivity contribution in [2.45, 2.75) is 98.7 Å². The number of carbonyl (C=O) groups excluding carboxylic acids is 3. The van der Waals surface area contributed by atoms with Crippen LogP contribution >= 0.6 is 0 Å². The van der Waals surface area contributed by atoms with E-state index in [9.17, 15) is 14.4 Å². The number of imide groups is 1. The Balaban J connectivity index is 1.70. The van der Waals surface area contributed by atoms with Gasteiger partial charge in [0, 0.05) is 36.3 Å². The van der Waals surface area contributed by atoms with Gasteiger partial charge in [0.15, 0.2) is 0 Å². The molecule has 2 amide bonds. The van der Waals surface area contributed by atoms with E-state index in [0.717, 1.165) is 38.6 Å². The predicted molar refractivity (Wildman–Crippen MR) is 152 cm³/mol. The Hall–Kier alpha value is -1.73. The van der Waals surface area contributed by atoms with Crippen molar-refractivity contribution in [3.63, 3.8) is 0 Å². The number of amides is 2. The summed E-state index contributed by atoms with van der Waals surface area (Å²) >= 11 is 0. The molecular weight excluding hydrogens is 492 g/mol. The monoisotopic (exact) mass is 544 g/mol. The van der Waals surface area contributed by atoms with E-state index in [-0.39, 0.29) is 58.2 Å². The fraction of sp³-hybridized carbons (Fsp3) is 0.844. The van der Waals surface area contributed by atoms with Crippen LogP contribution in [0.1, 0.15) is 86.5 Å². The number of methoxy groups -OCH3 is 1. The lowest BCUT2D eigenvalue weighted by molar-refractivity contribution is -0.191. The van der Waals surface area contributed by atoms with Gasteiger partial charge in [-0.1, -0.05) is 46.8 Å². The van der Waals surface area contributed by atoms with Crippen LogP contribution < -0.4 is 5.32 Å². The first-order valence-electron chi connectivity index (χ1n) is 15.2. The molecule has 10 atom stereocenters. The van der Waals surface area contributed by atoms with Crippen LogP contribution in [0.15, 0.2) is 12.2 Å². The molecule has 39 heavy (non-hydrogen) atoms. The third-order valence-corrected chi connectivity index (χ3v) is 11.9. The number of hydrogen-bond donors (Lipinski definition) is 1. The molecule has 0 spiro atoms. The van der Waals surface area contributed by atoms with Gasteiger partial charge in [-0.25, -0.2) is 4.79 Å². The normalized spacial score (nSPS) is 44.9. The first-order valence-corrected chi connectivity index (χ1v) is 15.2.